The Labute approximate surface area is 134 Å². The fourth-order valence-electron chi connectivity index (χ4n) is 2.86. The van der Waals surface area contributed by atoms with Crippen molar-refractivity contribution in [2.45, 2.75) is 70.3 Å². The number of aromatic nitrogens is 1. The maximum Gasteiger partial charge on any atom is 0.514 e. The van der Waals surface area contributed by atoms with E-state index in [4.69, 9.17) is 9.31 Å². The van der Waals surface area contributed by atoms with Gasteiger partial charge in [0.25, 0.3) is 0 Å². The van der Waals surface area contributed by atoms with Gasteiger partial charge < -0.3 is 9.31 Å². The number of halogens is 3. The molecule has 0 radical (unpaired) electrons. The number of pyridine rings is 1. The summed E-state index contributed by atoms with van der Waals surface area (Å²) in [5, 5.41) is 0. The molecule has 2 fully saturated rings. The van der Waals surface area contributed by atoms with E-state index >= 15 is 0 Å². The Hall–Kier alpha value is -1.08. The third-order valence-electron chi connectivity index (χ3n) is 5.26. The van der Waals surface area contributed by atoms with Gasteiger partial charge in [-0.15, -0.1) is 0 Å². The van der Waals surface area contributed by atoms with E-state index < -0.39 is 30.2 Å². The van der Waals surface area contributed by atoms with E-state index in [9.17, 15) is 13.2 Å². The Morgan fingerprint density at radius 2 is 1.65 bits per heavy atom. The van der Waals surface area contributed by atoms with Gasteiger partial charge in [-0.25, -0.2) is 0 Å². The van der Waals surface area contributed by atoms with E-state index in [-0.39, 0.29) is 11.5 Å². The molecule has 0 aromatic carbocycles. The first-order valence-corrected chi connectivity index (χ1v) is 7.95. The SMILES string of the molecule is CC1(C)OB(c2ccc(C3CCC3)c(C(F)(F)F)n2)OC1(C)C. The minimum absolute atomic E-state index is 0.0357. The maximum absolute atomic E-state index is 13.4. The van der Waals surface area contributed by atoms with Crippen molar-refractivity contribution in [2.75, 3.05) is 0 Å². The van der Waals surface area contributed by atoms with Gasteiger partial charge in [0.15, 0.2) is 0 Å². The van der Waals surface area contributed by atoms with Crippen molar-refractivity contribution in [1.29, 1.82) is 0 Å². The van der Waals surface area contributed by atoms with Crippen LogP contribution in [-0.2, 0) is 15.5 Å². The van der Waals surface area contributed by atoms with Crippen LogP contribution in [-0.4, -0.2) is 23.3 Å². The average Bonchev–Trinajstić information content (AvgIpc) is 2.55. The molecule has 2 aliphatic rings. The highest BCUT2D eigenvalue weighted by atomic mass is 19.4. The van der Waals surface area contributed by atoms with Crippen LogP contribution in [0.4, 0.5) is 13.2 Å². The van der Waals surface area contributed by atoms with Crippen LogP contribution >= 0.6 is 0 Å². The second kappa shape index (κ2) is 5.21. The highest BCUT2D eigenvalue weighted by Crippen LogP contribution is 2.42. The van der Waals surface area contributed by atoms with Crippen molar-refractivity contribution in [3.8, 4) is 0 Å². The molecule has 0 atom stereocenters. The third-order valence-corrected chi connectivity index (χ3v) is 5.26. The van der Waals surface area contributed by atoms with Gasteiger partial charge in [0.1, 0.15) is 5.69 Å². The maximum atomic E-state index is 13.4. The molecule has 2 heterocycles. The summed E-state index contributed by atoms with van der Waals surface area (Å²) in [7, 11) is -0.878. The summed E-state index contributed by atoms with van der Waals surface area (Å²) in [6.07, 6.45) is -1.91. The van der Waals surface area contributed by atoms with Gasteiger partial charge in [0.05, 0.1) is 16.8 Å². The average molecular weight is 327 g/mol. The zero-order valence-electron chi connectivity index (χ0n) is 13.8. The summed E-state index contributed by atoms with van der Waals surface area (Å²) in [5.74, 6) is -0.0357. The molecule has 1 saturated carbocycles. The van der Waals surface area contributed by atoms with Gasteiger partial charge in [-0.2, -0.15) is 13.2 Å². The Bertz CT molecular complexity index is 596. The van der Waals surface area contributed by atoms with Crippen LogP contribution in [0.25, 0.3) is 0 Å². The summed E-state index contributed by atoms with van der Waals surface area (Å²) in [5.41, 5.74) is -1.54. The normalized spacial score (nSPS) is 23.9. The number of hydrogen-bond acceptors (Lipinski definition) is 3. The van der Waals surface area contributed by atoms with Crippen molar-refractivity contribution in [1.82, 2.24) is 4.98 Å². The first kappa shape index (κ1) is 16.8. The van der Waals surface area contributed by atoms with Crippen molar-refractivity contribution in [2.24, 2.45) is 0 Å². The molecule has 1 aromatic heterocycles. The molecular formula is C16H21BF3NO2. The molecule has 7 heteroatoms. The van der Waals surface area contributed by atoms with Crippen LogP contribution in [0, 0.1) is 0 Å². The van der Waals surface area contributed by atoms with Crippen molar-refractivity contribution < 1.29 is 22.5 Å². The molecule has 0 spiro atoms. The topological polar surface area (TPSA) is 31.4 Å². The molecule has 126 valence electrons. The number of alkyl halides is 3. The van der Waals surface area contributed by atoms with E-state index in [0.717, 1.165) is 19.3 Å². The van der Waals surface area contributed by atoms with Crippen LogP contribution in [0.5, 0.6) is 0 Å². The lowest BCUT2D eigenvalue weighted by molar-refractivity contribution is -0.142. The standard InChI is InChI=1S/C16H21BF3NO2/c1-14(2)15(3,4)23-17(22-14)12-9-8-11(10-6-5-7-10)13(21-12)16(18,19)20/h8-10H,5-7H2,1-4H3. The lowest BCUT2D eigenvalue weighted by Gasteiger charge is -2.32. The Morgan fingerprint density at radius 3 is 2.09 bits per heavy atom. The summed E-state index contributed by atoms with van der Waals surface area (Å²) < 4.78 is 51.8. The van der Waals surface area contributed by atoms with Crippen LogP contribution in [0.1, 0.15) is 64.1 Å². The fraction of sp³-hybridized carbons (Fsp3) is 0.688. The van der Waals surface area contributed by atoms with Gasteiger partial charge in [-0.1, -0.05) is 12.5 Å². The van der Waals surface area contributed by atoms with E-state index in [1.807, 2.05) is 27.7 Å². The van der Waals surface area contributed by atoms with Crippen LogP contribution in [0.15, 0.2) is 12.1 Å². The summed E-state index contributed by atoms with van der Waals surface area (Å²) >= 11 is 0. The Morgan fingerprint density at radius 1 is 1.09 bits per heavy atom. The van der Waals surface area contributed by atoms with Crippen LogP contribution < -0.4 is 5.59 Å². The first-order valence-electron chi connectivity index (χ1n) is 7.95. The Balaban J connectivity index is 1.96. The summed E-state index contributed by atoms with van der Waals surface area (Å²) in [6, 6.07) is 3.14. The van der Waals surface area contributed by atoms with Crippen molar-refractivity contribution in [3.63, 3.8) is 0 Å². The predicted molar refractivity (Wildman–Crippen MR) is 81.5 cm³/mol. The molecule has 1 aliphatic heterocycles. The van der Waals surface area contributed by atoms with Gasteiger partial charge in [0, 0.05) is 0 Å². The highest BCUT2D eigenvalue weighted by molar-refractivity contribution is 6.61. The summed E-state index contributed by atoms with van der Waals surface area (Å²) in [6.45, 7) is 7.45. The molecule has 0 unspecified atom stereocenters. The number of hydrogen-bond donors (Lipinski definition) is 0. The smallest absolute Gasteiger partial charge is 0.398 e. The predicted octanol–water partition coefficient (Wildman–Crippen LogP) is 3.67. The third kappa shape index (κ3) is 2.89. The zero-order valence-corrected chi connectivity index (χ0v) is 13.8. The Kier molecular flexibility index (Phi) is 3.80. The summed E-state index contributed by atoms with van der Waals surface area (Å²) in [4.78, 5) is 3.88. The van der Waals surface area contributed by atoms with Gasteiger partial charge >= 0.3 is 13.3 Å². The largest absolute Gasteiger partial charge is 0.514 e. The molecule has 3 nitrogen and oxygen atoms in total. The molecule has 0 N–H and O–H groups in total. The van der Waals surface area contributed by atoms with Crippen LogP contribution in [0.2, 0.25) is 0 Å². The van der Waals surface area contributed by atoms with Crippen LogP contribution in [0.3, 0.4) is 0 Å². The molecule has 3 rings (SSSR count). The number of nitrogens with zero attached hydrogens (tertiary/aromatic N) is 1. The first-order chi connectivity index (χ1) is 10.5. The second-order valence-electron chi connectivity index (χ2n) is 7.39. The molecular weight excluding hydrogens is 306 g/mol. The van der Waals surface area contributed by atoms with Crippen molar-refractivity contribution in [3.05, 3.63) is 23.4 Å². The van der Waals surface area contributed by atoms with Gasteiger partial charge in [-0.3, -0.25) is 4.98 Å². The lowest BCUT2D eigenvalue weighted by atomic mass is 9.77. The van der Waals surface area contributed by atoms with E-state index in [1.54, 1.807) is 12.1 Å². The zero-order chi connectivity index (χ0) is 17.0. The molecule has 23 heavy (non-hydrogen) atoms. The van der Waals surface area contributed by atoms with Crippen molar-refractivity contribution >= 4 is 12.7 Å². The lowest BCUT2D eigenvalue weighted by Crippen LogP contribution is -2.41. The minimum Gasteiger partial charge on any atom is -0.398 e. The number of rotatable bonds is 2. The van der Waals surface area contributed by atoms with E-state index in [1.165, 1.54) is 0 Å². The molecule has 0 bridgehead atoms. The quantitative estimate of drug-likeness (QED) is 0.777. The molecule has 1 saturated heterocycles. The van der Waals surface area contributed by atoms with E-state index in [0.29, 0.717) is 5.56 Å². The van der Waals surface area contributed by atoms with E-state index in [2.05, 4.69) is 4.98 Å². The van der Waals surface area contributed by atoms with Gasteiger partial charge in [0.2, 0.25) is 0 Å². The highest BCUT2D eigenvalue weighted by Gasteiger charge is 2.53. The van der Waals surface area contributed by atoms with Gasteiger partial charge in [-0.05, 0) is 58.1 Å². The fourth-order valence-corrected chi connectivity index (χ4v) is 2.86. The molecule has 1 aromatic rings. The second-order valence-corrected chi connectivity index (χ2v) is 7.39. The minimum atomic E-state index is -4.47. The monoisotopic (exact) mass is 327 g/mol. The molecule has 0 amide bonds. The molecule has 1 aliphatic carbocycles.